The molecule has 0 spiro atoms. The summed E-state index contributed by atoms with van der Waals surface area (Å²) < 4.78 is 5.90. The molecule has 1 aliphatic rings. The molecule has 0 amide bonds. The Morgan fingerprint density at radius 2 is 1.75 bits per heavy atom. The molecule has 1 fully saturated rings. The molecule has 0 atom stereocenters. The summed E-state index contributed by atoms with van der Waals surface area (Å²) in [6.07, 6.45) is 5.77. The van der Waals surface area contributed by atoms with Crippen molar-refractivity contribution in [3.63, 3.8) is 0 Å². The maximum atomic E-state index is 5.90. The number of likely N-dealkylation sites (tertiary alicyclic amines) is 1. The molecule has 1 aromatic heterocycles. The lowest BCUT2D eigenvalue weighted by Crippen LogP contribution is -2.33. The largest absolute Gasteiger partial charge is 0.492 e. The molecule has 124 valence electrons. The van der Waals surface area contributed by atoms with Crippen LogP contribution in [0.3, 0.4) is 0 Å². The quantitative estimate of drug-likeness (QED) is 0.769. The lowest BCUT2D eigenvalue weighted by Gasteiger charge is -2.26. The smallest absolute Gasteiger partial charge is 0.119 e. The molecule has 4 heteroatoms. The van der Waals surface area contributed by atoms with E-state index in [1.165, 1.54) is 43.5 Å². The summed E-state index contributed by atoms with van der Waals surface area (Å²) in [6, 6.07) is 14.6. The van der Waals surface area contributed by atoms with Crippen LogP contribution in [0.2, 0.25) is 0 Å². The highest BCUT2D eigenvalue weighted by Gasteiger charge is 2.09. The Bertz CT molecular complexity index is 788. The first-order chi connectivity index (χ1) is 11.9. The zero-order valence-electron chi connectivity index (χ0n) is 13.9. The number of rotatable bonds is 5. The third-order valence-electron chi connectivity index (χ3n) is 4.73. The maximum absolute atomic E-state index is 5.90. The van der Waals surface area contributed by atoms with E-state index in [2.05, 4.69) is 51.3 Å². The number of imidazole rings is 1. The normalized spacial score (nSPS) is 15.7. The minimum absolute atomic E-state index is 0.763. The number of hydrogen-bond donors (Lipinski definition) is 1. The molecular weight excluding hydrogens is 298 g/mol. The van der Waals surface area contributed by atoms with Crippen molar-refractivity contribution in [2.75, 3.05) is 26.2 Å². The highest BCUT2D eigenvalue weighted by molar-refractivity contribution is 5.81. The minimum atomic E-state index is 0.763. The van der Waals surface area contributed by atoms with Crippen molar-refractivity contribution < 1.29 is 4.74 Å². The fraction of sp³-hybridized carbons (Fsp3) is 0.350. The Morgan fingerprint density at radius 1 is 0.958 bits per heavy atom. The van der Waals surface area contributed by atoms with Gasteiger partial charge in [0.2, 0.25) is 0 Å². The van der Waals surface area contributed by atoms with Crippen molar-refractivity contribution in [1.29, 1.82) is 0 Å². The van der Waals surface area contributed by atoms with Crippen molar-refractivity contribution in [3.05, 3.63) is 48.8 Å². The monoisotopic (exact) mass is 321 g/mol. The van der Waals surface area contributed by atoms with Gasteiger partial charge in [0.15, 0.2) is 0 Å². The summed E-state index contributed by atoms with van der Waals surface area (Å²) in [5, 5.41) is 0. The molecule has 2 aromatic carbocycles. The number of piperidine rings is 1. The van der Waals surface area contributed by atoms with Crippen molar-refractivity contribution in [1.82, 2.24) is 14.9 Å². The standard InChI is InChI=1S/C20H23N3O/c1-2-10-23(11-3-1)12-13-24-18-7-4-16(5-8-18)17-6-9-19-20(14-17)22-15-21-19/h4-9,14-15H,1-3,10-13H2,(H,21,22). The van der Waals surface area contributed by atoms with Crippen molar-refractivity contribution in [2.24, 2.45) is 0 Å². The average molecular weight is 321 g/mol. The summed E-state index contributed by atoms with van der Waals surface area (Å²) in [6.45, 7) is 4.23. The van der Waals surface area contributed by atoms with Gasteiger partial charge in [-0.3, -0.25) is 4.90 Å². The molecule has 4 rings (SSSR count). The fourth-order valence-corrected chi connectivity index (χ4v) is 3.33. The van der Waals surface area contributed by atoms with E-state index in [9.17, 15) is 0 Å². The van der Waals surface area contributed by atoms with Crippen LogP contribution in [0.4, 0.5) is 0 Å². The summed E-state index contributed by atoms with van der Waals surface area (Å²) in [7, 11) is 0. The van der Waals surface area contributed by atoms with Crippen LogP contribution in [0.1, 0.15) is 19.3 Å². The maximum Gasteiger partial charge on any atom is 0.119 e. The molecule has 1 aliphatic heterocycles. The molecule has 0 aliphatic carbocycles. The zero-order chi connectivity index (χ0) is 16.2. The fourth-order valence-electron chi connectivity index (χ4n) is 3.33. The second-order valence-electron chi connectivity index (χ2n) is 6.41. The SMILES string of the molecule is c1nc2ccc(-c3ccc(OCCN4CCCCC4)cc3)cc2[nH]1. The third-order valence-corrected chi connectivity index (χ3v) is 4.73. The minimum Gasteiger partial charge on any atom is -0.492 e. The second kappa shape index (κ2) is 7.05. The summed E-state index contributed by atoms with van der Waals surface area (Å²) in [4.78, 5) is 9.92. The Labute approximate surface area is 142 Å². The molecule has 24 heavy (non-hydrogen) atoms. The number of nitrogens with zero attached hydrogens (tertiary/aromatic N) is 2. The number of hydrogen-bond acceptors (Lipinski definition) is 3. The number of nitrogens with one attached hydrogen (secondary N) is 1. The van der Waals surface area contributed by atoms with Gasteiger partial charge in [-0.2, -0.15) is 0 Å². The lowest BCUT2D eigenvalue weighted by molar-refractivity contribution is 0.183. The highest BCUT2D eigenvalue weighted by atomic mass is 16.5. The van der Waals surface area contributed by atoms with E-state index in [1.807, 2.05) is 6.07 Å². The number of H-pyrrole nitrogens is 1. The van der Waals surface area contributed by atoms with E-state index in [4.69, 9.17) is 4.74 Å². The van der Waals surface area contributed by atoms with Gasteiger partial charge in [-0.1, -0.05) is 24.6 Å². The number of fused-ring (bicyclic) bond motifs is 1. The van der Waals surface area contributed by atoms with Gasteiger partial charge in [0.1, 0.15) is 12.4 Å². The van der Waals surface area contributed by atoms with Crippen LogP contribution in [-0.4, -0.2) is 41.1 Å². The van der Waals surface area contributed by atoms with Gasteiger partial charge >= 0.3 is 0 Å². The number of benzene rings is 2. The van der Waals surface area contributed by atoms with Crippen molar-refractivity contribution >= 4 is 11.0 Å². The van der Waals surface area contributed by atoms with Gasteiger partial charge in [-0.15, -0.1) is 0 Å². The van der Waals surface area contributed by atoms with E-state index in [1.54, 1.807) is 6.33 Å². The van der Waals surface area contributed by atoms with Crippen LogP contribution in [0.5, 0.6) is 5.75 Å². The molecule has 3 aromatic rings. The number of ether oxygens (including phenoxy) is 1. The number of aromatic amines is 1. The van der Waals surface area contributed by atoms with Crippen molar-refractivity contribution in [3.8, 4) is 16.9 Å². The predicted molar refractivity (Wildman–Crippen MR) is 97.3 cm³/mol. The molecule has 4 nitrogen and oxygen atoms in total. The Kier molecular flexibility index (Phi) is 4.47. The van der Waals surface area contributed by atoms with Gasteiger partial charge in [0, 0.05) is 6.54 Å². The van der Waals surface area contributed by atoms with Gasteiger partial charge < -0.3 is 9.72 Å². The third kappa shape index (κ3) is 3.44. The Balaban J connectivity index is 1.37. The molecular formula is C20H23N3O. The average Bonchev–Trinajstić information content (AvgIpc) is 3.11. The molecule has 0 radical (unpaired) electrons. The van der Waals surface area contributed by atoms with E-state index >= 15 is 0 Å². The van der Waals surface area contributed by atoms with E-state index in [0.717, 1.165) is 29.9 Å². The molecule has 0 bridgehead atoms. The van der Waals surface area contributed by atoms with Crippen LogP contribution >= 0.6 is 0 Å². The zero-order valence-corrected chi connectivity index (χ0v) is 13.9. The van der Waals surface area contributed by atoms with Crippen LogP contribution in [0, 0.1) is 0 Å². The van der Waals surface area contributed by atoms with E-state index < -0.39 is 0 Å². The van der Waals surface area contributed by atoms with Crippen LogP contribution in [0.25, 0.3) is 22.2 Å². The second-order valence-corrected chi connectivity index (χ2v) is 6.41. The predicted octanol–water partition coefficient (Wildman–Crippen LogP) is 4.09. The first-order valence-corrected chi connectivity index (χ1v) is 8.77. The highest BCUT2D eigenvalue weighted by Crippen LogP contribution is 2.25. The summed E-state index contributed by atoms with van der Waals surface area (Å²) in [5.41, 5.74) is 4.44. The van der Waals surface area contributed by atoms with Crippen LogP contribution in [0.15, 0.2) is 48.8 Å². The topological polar surface area (TPSA) is 41.1 Å². The van der Waals surface area contributed by atoms with Gasteiger partial charge in [0.05, 0.1) is 17.4 Å². The van der Waals surface area contributed by atoms with Crippen LogP contribution < -0.4 is 4.74 Å². The van der Waals surface area contributed by atoms with Crippen LogP contribution in [-0.2, 0) is 0 Å². The summed E-state index contributed by atoms with van der Waals surface area (Å²) >= 11 is 0. The Morgan fingerprint density at radius 3 is 2.58 bits per heavy atom. The van der Waals surface area contributed by atoms with Gasteiger partial charge in [0.25, 0.3) is 0 Å². The first-order valence-electron chi connectivity index (χ1n) is 8.77. The van der Waals surface area contributed by atoms with Crippen molar-refractivity contribution in [2.45, 2.75) is 19.3 Å². The molecule has 0 saturated carbocycles. The molecule has 1 saturated heterocycles. The summed E-state index contributed by atoms with van der Waals surface area (Å²) in [5.74, 6) is 0.943. The Hall–Kier alpha value is -2.33. The molecule has 0 unspecified atom stereocenters. The van der Waals surface area contributed by atoms with Gasteiger partial charge in [-0.05, 0) is 61.3 Å². The van der Waals surface area contributed by atoms with E-state index in [-0.39, 0.29) is 0 Å². The molecule has 1 N–H and O–H groups in total. The van der Waals surface area contributed by atoms with Gasteiger partial charge in [-0.25, -0.2) is 4.98 Å². The first kappa shape index (κ1) is 15.2. The lowest BCUT2D eigenvalue weighted by atomic mass is 10.1. The molecule has 2 heterocycles. The number of aromatic nitrogens is 2. The van der Waals surface area contributed by atoms with E-state index in [0.29, 0.717) is 0 Å².